The van der Waals surface area contributed by atoms with Crippen molar-refractivity contribution >= 4 is 34.6 Å². The molecule has 0 fully saturated rings. The third-order valence-corrected chi connectivity index (χ3v) is 14.2. The maximum atomic E-state index is 12.7. The van der Waals surface area contributed by atoms with Crippen molar-refractivity contribution in [2.45, 2.75) is 180 Å². The van der Waals surface area contributed by atoms with E-state index in [1.165, 1.54) is 47.6 Å². The number of ketones is 3. The van der Waals surface area contributed by atoms with Crippen LogP contribution in [0.3, 0.4) is 0 Å². The molecule has 98 heavy (non-hydrogen) atoms. The third kappa shape index (κ3) is 34.2. The SMILES string of the molecule is CC(C)C(=O)c1cccs1.CC(C)CC(=O)c1cccc(F)c1.CC(C)Oc1ccccc1C(N)=O.CC(C)c1ccc2c(c1)OCO2.CC(C)c1cccc(F)c1.CC(C)c1cccc(OC(F)F)c1.CC(C)c1cnco1.CC(C)c1ncco1.Cc1ccc(C(=O)C(C)C)o1. The Morgan fingerprint density at radius 2 is 1.17 bits per heavy atom. The van der Waals surface area contributed by atoms with Gasteiger partial charge in [-0.1, -0.05) is 171 Å². The summed E-state index contributed by atoms with van der Waals surface area (Å²) in [5, 5.41) is 1.93. The summed E-state index contributed by atoms with van der Waals surface area (Å²) in [6.45, 7) is 35.4. The van der Waals surface area contributed by atoms with Crippen LogP contribution in [0.25, 0.3) is 0 Å². The molecule has 2 N–H and O–H groups in total. The summed E-state index contributed by atoms with van der Waals surface area (Å²) < 4.78 is 84.2. The van der Waals surface area contributed by atoms with Gasteiger partial charge in [-0.05, 0) is 145 Å². The zero-order valence-corrected chi connectivity index (χ0v) is 61.1. The topological polar surface area (TPSA) is 196 Å². The minimum absolute atomic E-state index is 0.00880. The van der Waals surface area contributed by atoms with Crippen LogP contribution in [0.2, 0.25) is 0 Å². The van der Waals surface area contributed by atoms with Gasteiger partial charge < -0.3 is 37.9 Å². The molecular formula is C79H101F4N3O11S. The lowest BCUT2D eigenvalue weighted by Crippen LogP contribution is -2.15. The number of benzene rings is 5. The fourth-order valence-corrected chi connectivity index (χ4v) is 8.76. The first kappa shape index (κ1) is 85.0. The maximum absolute atomic E-state index is 12.7. The average molecular weight is 1380 g/mol. The number of carbonyl (C=O) groups excluding carboxylic acids is 4. The van der Waals surface area contributed by atoms with Crippen molar-refractivity contribution in [3.63, 3.8) is 0 Å². The molecule has 0 spiro atoms. The van der Waals surface area contributed by atoms with Gasteiger partial charge in [0.15, 0.2) is 41.1 Å². The maximum Gasteiger partial charge on any atom is 0.387 e. The molecule has 19 heteroatoms. The standard InChI is InChI=1S/C11H13FO.C10H12F2O.C10H13NO2.C10H12O2.C9H11F.C9H12O2.C8H10OS.2C6H9NO/c1-8(2)6-11(13)9-4-3-5-10(12)7-9;1-7(2)8-4-3-5-9(6-8)13-10(11)12;1-7(2)13-9-6-4-3-5-8(9)10(11)12;1-7(2)8-3-4-9-10(5-8)12-6-11-9;1-7(2)8-4-3-5-9(10)6-8;1-6(2)9(10)8-5-4-7(3)11-8;1-6(2)8(9)7-4-3-5-10-7;1-5(2)6-3-7-4-8-6;1-5(2)6-7-3-4-8-6/h3-5,7-8H,6H2,1-2H3;3-7,10H,1-2H3;3-7H,1-2H3,(H2,11,12);3-5,7H,6H2,1-2H3;3-7H,1-2H3;4-6H,1-3H3;3-6H,1-2H3;2*3-5H,1-2H3. The van der Waals surface area contributed by atoms with Crippen LogP contribution in [-0.2, 0) is 0 Å². The van der Waals surface area contributed by atoms with Crippen molar-refractivity contribution in [2.24, 2.45) is 23.5 Å². The van der Waals surface area contributed by atoms with E-state index in [-0.39, 0.29) is 52.7 Å². The number of ether oxygens (including phenoxy) is 4. The van der Waals surface area contributed by atoms with E-state index >= 15 is 0 Å². The number of carbonyl (C=O) groups is 4. The monoisotopic (exact) mass is 1380 g/mol. The Kier molecular flexibility index (Phi) is 39.4. The molecule has 0 unspecified atom stereocenters. The summed E-state index contributed by atoms with van der Waals surface area (Å²) in [7, 11) is 0. The van der Waals surface area contributed by atoms with Crippen molar-refractivity contribution in [1.29, 1.82) is 0 Å². The highest BCUT2D eigenvalue weighted by Gasteiger charge is 2.16. The number of hydrogen-bond acceptors (Lipinski definition) is 14. The molecule has 14 nitrogen and oxygen atoms in total. The Labute approximate surface area is 581 Å². The van der Waals surface area contributed by atoms with Gasteiger partial charge in [0.1, 0.15) is 40.9 Å². The second-order valence-electron chi connectivity index (χ2n) is 25.2. The molecule has 9 aromatic rings. The molecule has 532 valence electrons. The fourth-order valence-electron chi connectivity index (χ4n) is 7.95. The van der Waals surface area contributed by atoms with E-state index in [0.29, 0.717) is 71.4 Å². The Balaban J connectivity index is 0.000000377. The number of nitrogens with zero attached hydrogens (tertiary/aromatic N) is 2. The minimum atomic E-state index is -2.75. The molecule has 4 aromatic heterocycles. The van der Waals surface area contributed by atoms with Gasteiger partial charge in [-0.15, -0.1) is 11.3 Å². The van der Waals surface area contributed by atoms with Crippen molar-refractivity contribution in [1.82, 2.24) is 9.97 Å². The number of aryl methyl sites for hydroxylation is 1. The lowest BCUT2D eigenvalue weighted by molar-refractivity contribution is -0.0499. The van der Waals surface area contributed by atoms with Crippen LogP contribution >= 0.6 is 11.3 Å². The van der Waals surface area contributed by atoms with Crippen LogP contribution in [0.4, 0.5) is 17.6 Å². The van der Waals surface area contributed by atoms with E-state index in [1.54, 1.807) is 85.4 Å². The second-order valence-corrected chi connectivity index (χ2v) is 26.1. The molecular weight excluding hydrogens is 1270 g/mol. The number of furan rings is 1. The molecule has 0 bridgehead atoms. The number of alkyl halides is 2. The van der Waals surface area contributed by atoms with Crippen LogP contribution in [0.15, 0.2) is 183 Å². The molecule has 5 aromatic carbocycles. The van der Waals surface area contributed by atoms with Crippen molar-refractivity contribution in [3.05, 3.63) is 237 Å². The Bertz CT molecular complexity index is 3630. The van der Waals surface area contributed by atoms with Crippen LogP contribution in [0, 0.1) is 36.3 Å². The fraction of sp³-hybridized carbons (Fsp3) is 0.392. The number of amides is 1. The number of Topliss-reactive ketones (excluding diaryl/α,β-unsaturated/α-hetero) is 3. The highest BCUT2D eigenvalue weighted by Crippen LogP contribution is 2.34. The Morgan fingerprint density at radius 3 is 1.62 bits per heavy atom. The minimum Gasteiger partial charge on any atom is -0.490 e. The number of nitrogens with two attached hydrogens (primary N) is 1. The number of halogens is 4. The summed E-state index contributed by atoms with van der Waals surface area (Å²) in [4.78, 5) is 53.5. The molecule has 0 saturated heterocycles. The van der Waals surface area contributed by atoms with Gasteiger partial charge >= 0.3 is 6.61 Å². The molecule has 0 aliphatic carbocycles. The van der Waals surface area contributed by atoms with E-state index in [1.807, 2.05) is 138 Å². The molecule has 0 saturated carbocycles. The number of fused-ring (bicyclic) bond motifs is 1. The Hall–Kier alpha value is -9.10. The van der Waals surface area contributed by atoms with Gasteiger partial charge in [0, 0.05) is 35.7 Å². The number of hydrogen-bond donors (Lipinski definition) is 1. The molecule has 1 amide bonds. The quantitative estimate of drug-likeness (QED) is 0.0668. The largest absolute Gasteiger partial charge is 0.490 e. The molecule has 0 atom stereocenters. The molecule has 1 aliphatic heterocycles. The summed E-state index contributed by atoms with van der Waals surface area (Å²) >= 11 is 1.51. The molecule has 10 rings (SSSR count). The van der Waals surface area contributed by atoms with E-state index in [2.05, 4.69) is 62.3 Å². The van der Waals surface area contributed by atoms with E-state index in [0.717, 1.165) is 44.9 Å². The predicted molar refractivity (Wildman–Crippen MR) is 383 cm³/mol. The highest BCUT2D eigenvalue weighted by molar-refractivity contribution is 7.12. The van der Waals surface area contributed by atoms with Crippen LogP contribution in [0.1, 0.15) is 236 Å². The smallest absolute Gasteiger partial charge is 0.387 e. The molecule has 1 aliphatic rings. The number of oxazole rings is 2. The summed E-state index contributed by atoms with van der Waals surface area (Å²) in [5.41, 5.74) is 9.41. The van der Waals surface area contributed by atoms with Crippen molar-refractivity contribution in [2.75, 3.05) is 6.79 Å². The Morgan fingerprint density at radius 1 is 0.582 bits per heavy atom. The number of primary amides is 1. The summed E-state index contributed by atoms with van der Waals surface area (Å²) in [6.07, 6.45) is 6.97. The van der Waals surface area contributed by atoms with E-state index in [4.69, 9.17) is 33.2 Å². The van der Waals surface area contributed by atoms with Crippen LogP contribution < -0.4 is 24.7 Å². The first-order valence-corrected chi connectivity index (χ1v) is 33.6. The second kappa shape index (κ2) is 45.4. The van der Waals surface area contributed by atoms with Gasteiger partial charge in [0.25, 0.3) is 5.91 Å². The molecule has 5 heterocycles. The number of rotatable bonds is 17. The van der Waals surface area contributed by atoms with Gasteiger partial charge in [0.05, 0.1) is 28.9 Å². The number of thiophene rings is 1. The highest BCUT2D eigenvalue weighted by atomic mass is 32.1. The van der Waals surface area contributed by atoms with Crippen molar-refractivity contribution in [3.8, 4) is 23.0 Å². The summed E-state index contributed by atoms with van der Waals surface area (Å²) in [6, 6.07) is 39.7. The molecule has 0 radical (unpaired) electrons. The van der Waals surface area contributed by atoms with Crippen LogP contribution in [0.5, 0.6) is 23.0 Å². The first-order chi connectivity index (χ1) is 46.2. The number of aromatic nitrogens is 2. The van der Waals surface area contributed by atoms with Gasteiger partial charge in [0.2, 0.25) is 12.6 Å². The third-order valence-electron chi connectivity index (χ3n) is 13.3. The number of para-hydroxylation sites is 1. The normalized spacial score (nSPS) is 10.9. The lowest BCUT2D eigenvalue weighted by atomic mass is 10.0. The van der Waals surface area contributed by atoms with E-state index in [9.17, 15) is 36.7 Å². The average Bonchev–Trinajstić information content (AvgIpc) is 1.65. The zero-order valence-electron chi connectivity index (χ0n) is 60.2. The summed E-state index contributed by atoms with van der Waals surface area (Å²) in [5.74, 6) is 7.47. The van der Waals surface area contributed by atoms with Crippen molar-refractivity contribution < 1.29 is 68.9 Å². The van der Waals surface area contributed by atoms with Gasteiger partial charge in [-0.25, -0.2) is 18.7 Å². The first-order valence-electron chi connectivity index (χ1n) is 32.7. The van der Waals surface area contributed by atoms with Crippen LogP contribution in [-0.4, -0.2) is 52.7 Å². The predicted octanol–water partition coefficient (Wildman–Crippen LogP) is 22.1. The zero-order chi connectivity index (χ0) is 73.6. The van der Waals surface area contributed by atoms with E-state index < -0.39 is 12.5 Å². The lowest BCUT2D eigenvalue weighted by Gasteiger charge is -2.11. The van der Waals surface area contributed by atoms with Gasteiger partial charge in [-0.2, -0.15) is 8.78 Å². The van der Waals surface area contributed by atoms with Gasteiger partial charge in [-0.3, -0.25) is 19.2 Å².